The number of azo groups is 1. The number of para-hydroxylation sites is 2. The Hall–Kier alpha value is -3.97. The highest BCUT2D eigenvalue weighted by atomic mass is 16.5. The van der Waals surface area contributed by atoms with Gasteiger partial charge in [-0.25, -0.2) is 0 Å². The fourth-order valence-electron chi connectivity index (χ4n) is 3.79. The molecule has 0 radical (unpaired) electrons. The molecular formula is C27H28N4O3. The molecular weight excluding hydrogens is 428 g/mol. The lowest BCUT2D eigenvalue weighted by atomic mass is 10.2. The smallest absolute Gasteiger partial charge is 0.299 e. The molecule has 1 amide bonds. The van der Waals surface area contributed by atoms with E-state index in [9.17, 15) is 9.90 Å². The Morgan fingerprint density at radius 3 is 2.38 bits per heavy atom. The number of ether oxygens (including phenoxy) is 1. The number of hydrogen-bond acceptors (Lipinski definition) is 5. The van der Waals surface area contributed by atoms with Crippen LogP contribution in [0, 0.1) is 0 Å². The second-order valence-electron chi connectivity index (χ2n) is 7.84. The molecule has 0 spiro atoms. The van der Waals surface area contributed by atoms with Gasteiger partial charge < -0.3 is 9.84 Å². The Bertz CT molecular complexity index is 1290. The molecule has 0 atom stereocenters. The fraction of sp³-hybridized carbons (Fsp3) is 0.222. The third-order valence-electron chi connectivity index (χ3n) is 5.75. The van der Waals surface area contributed by atoms with Crippen molar-refractivity contribution in [2.45, 2.75) is 27.1 Å². The SMILES string of the molecule is CCN(CC)Cn1c(O)c(N=NC(=O)c2ccccc2OCc2ccccc2)c2ccccc21. The van der Waals surface area contributed by atoms with E-state index in [-0.39, 0.29) is 11.6 Å². The number of hydrogen-bond donors (Lipinski definition) is 1. The molecule has 174 valence electrons. The van der Waals surface area contributed by atoms with Gasteiger partial charge in [-0.05, 0) is 36.9 Å². The number of benzene rings is 3. The third-order valence-corrected chi connectivity index (χ3v) is 5.75. The lowest BCUT2D eigenvalue weighted by molar-refractivity contribution is 0.0990. The lowest BCUT2D eigenvalue weighted by Crippen LogP contribution is -2.25. The summed E-state index contributed by atoms with van der Waals surface area (Å²) < 4.78 is 7.67. The Labute approximate surface area is 198 Å². The fourth-order valence-corrected chi connectivity index (χ4v) is 3.79. The van der Waals surface area contributed by atoms with E-state index in [1.165, 1.54) is 0 Å². The Morgan fingerprint density at radius 2 is 1.62 bits per heavy atom. The summed E-state index contributed by atoms with van der Waals surface area (Å²) in [4.78, 5) is 15.1. The van der Waals surface area contributed by atoms with Crippen molar-refractivity contribution in [1.82, 2.24) is 9.47 Å². The van der Waals surface area contributed by atoms with E-state index in [1.807, 2.05) is 54.6 Å². The van der Waals surface area contributed by atoms with Crippen LogP contribution in [-0.4, -0.2) is 33.6 Å². The third kappa shape index (κ3) is 5.00. The molecule has 3 aromatic carbocycles. The number of rotatable bonds is 9. The van der Waals surface area contributed by atoms with Gasteiger partial charge >= 0.3 is 0 Å². The van der Waals surface area contributed by atoms with Crippen molar-refractivity contribution in [3.63, 3.8) is 0 Å². The number of carbonyl (C=O) groups is 1. The van der Waals surface area contributed by atoms with Gasteiger partial charge in [0, 0.05) is 5.39 Å². The molecule has 0 aliphatic carbocycles. The van der Waals surface area contributed by atoms with E-state index in [0.29, 0.717) is 24.6 Å². The van der Waals surface area contributed by atoms with Crippen LogP contribution in [0.3, 0.4) is 0 Å². The minimum atomic E-state index is -0.538. The highest BCUT2D eigenvalue weighted by Gasteiger charge is 2.19. The topological polar surface area (TPSA) is 79.4 Å². The van der Waals surface area contributed by atoms with Gasteiger partial charge in [-0.1, -0.05) is 74.5 Å². The van der Waals surface area contributed by atoms with Gasteiger partial charge in [-0.3, -0.25) is 14.3 Å². The van der Waals surface area contributed by atoms with Crippen LogP contribution in [0.1, 0.15) is 29.8 Å². The molecule has 0 bridgehead atoms. The molecule has 1 aromatic heterocycles. The Balaban J connectivity index is 1.60. The van der Waals surface area contributed by atoms with E-state index in [0.717, 1.165) is 29.6 Å². The molecule has 34 heavy (non-hydrogen) atoms. The van der Waals surface area contributed by atoms with Crippen molar-refractivity contribution in [2.24, 2.45) is 10.2 Å². The van der Waals surface area contributed by atoms with Gasteiger partial charge in [-0.15, -0.1) is 10.2 Å². The Morgan fingerprint density at radius 1 is 0.941 bits per heavy atom. The zero-order chi connectivity index (χ0) is 23.9. The van der Waals surface area contributed by atoms with E-state index in [1.54, 1.807) is 28.8 Å². The zero-order valence-electron chi connectivity index (χ0n) is 19.4. The van der Waals surface area contributed by atoms with Crippen LogP contribution >= 0.6 is 0 Å². The van der Waals surface area contributed by atoms with Crippen molar-refractivity contribution in [3.05, 3.63) is 90.0 Å². The van der Waals surface area contributed by atoms with Crippen LogP contribution in [-0.2, 0) is 13.3 Å². The van der Waals surface area contributed by atoms with E-state index >= 15 is 0 Å². The monoisotopic (exact) mass is 456 g/mol. The summed E-state index contributed by atoms with van der Waals surface area (Å²) in [6.45, 7) is 6.68. The van der Waals surface area contributed by atoms with Crippen LogP contribution in [0.4, 0.5) is 5.69 Å². The molecule has 1 N–H and O–H groups in total. The molecule has 0 saturated heterocycles. The van der Waals surface area contributed by atoms with Gasteiger partial charge in [0.25, 0.3) is 5.91 Å². The molecule has 7 nitrogen and oxygen atoms in total. The summed E-state index contributed by atoms with van der Waals surface area (Å²) in [7, 11) is 0. The van der Waals surface area contributed by atoms with Gasteiger partial charge in [0.05, 0.1) is 17.7 Å². The molecule has 0 saturated carbocycles. The minimum Gasteiger partial charge on any atom is -0.493 e. The molecule has 0 unspecified atom stereocenters. The summed E-state index contributed by atoms with van der Waals surface area (Å²) in [5.41, 5.74) is 2.42. The second kappa shape index (κ2) is 10.8. The number of aromatic hydroxyl groups is 1. The maximum absolute atomic E-state index is 12.9. The highest BCUT2D eigenvalue weighted by Crippen LogP contribution is 2.39. The van der Waals surface area contributed by atoms with Crippen molar-refractivity contribution in [2.75, 3.05) is 13.1 Å². The molecule has 0 aliphatic rings. The van der Waals surface area contributed by atoms with Crippen LogP contribution in [0.15, 0.2) is 89.1 Å². The number of amides is 1. The summed E-state index contributed by atoms with van der Waals surface area (Å²) in [5.74, 6) is -0.120. The highest BCUT2D eigenvalue weighted by molar-refractivity contribution is 5.98. The van der Waals surface area contributed by atoms with Gasteiger partial charge in [-0.2, -0.15) is 0 Å². The Kier molecular flexibility index (Phi) is 7.34. The summed E-state index contributed by atoms with van der Waals surface area (Å²) in [5, 5.41) is 19.8. The lowest BCUT2D eigenvalue weighted by Gasteiger charge is -2.19. The van der Waals surface area contributed by atoms with Crippen LogP contribution in [0.25, 0.3) is 10.9 Å². The molecule has 0 aliphatic heterocycles. The summed E-state index contributed by atoms with van der Waals surface area (Å²) >= 11 is 0. The number of carbonyl (C=O) groups excluding carboxylic acids is 1. The van der Waals surface area contributed by atoms with Gasteiger partial charge in [0.2, 0.25) is 5.88 Å². The summed E-state index contributed by atoms with van der Waals surface area (Å²) in [6, 6.07) is 24.3. The molecule has 1 heterocycles. The summed E-state index contributed by atoms with van der Waals surface area (Å²) in [6.07, 6.45) is 0. The molecule has 4 aromatic rings. The quantitative estimate of drug-likeness (QED) is 0.306. The maximum Gasteiger partial charge on any atom is 0.299 e. The van der Waals surface area contributed by atoms with Crippen molar-refractivity contribution < 1.29 is 14.6 Å². The first-order valence-corrected chi connectivity index (χ1v) is 11.4. The first-order valence-electron chi connectivity index (χ1n) is 11.4. The first kappa shape index (κ1) is 23.2. The second-order valence-corrected chi connectivity index (χ2v) is 7.84. The molecule has 7 heteroatoms. The zero-order valence-corrected chi connectivity index (χ0v) is 19.4. The number of aromatic nitrogens is 1. The molecule has 0 fully saturated rings. The van der Waals surface area contributed by atoms with Crippen molar-refractivity contribution in [1.29, 1.82) is 0 Å². The standard InChI is InChI=1S/C27H28N4O3/c1-3-30(4-2)19-31-23-16-10-8-14-21(23)25(27(31)33)28-29-26(32)22-15-9-11-17-24(22)34-18-20-12-6-5-7-13-20/h5-17,33H,3-4,18-19H2,1-2H3. The minimum absolute atomic E-state index is 0.0155. The van der Waals surface area contributed by atoms with E-state index in [2.05, 4.69) is 29.0 Å². The van der Waals surface area contributed by atoms with Crippen LogP contribution in [0.5, 0.6) is 11.6 Å². The maximum atomic E-state index is 12.9. The predicted octanol–water partition coefficient (Wildman–Crippen LogP) is 6.15. The van der Waals surface area contributed by atoms with Crippen molar-refractivity contribution >= 4 is 22.5 Å². The normalized spacial score (nSPS) is 11.5. The van der Waals surface area contributed by atoms with Crippen LogP contribution in [0.2, 0.25) is 0 Å². The van der Waals surface area contributed by atoms with E-state index < -0.39 is 5.91 Å². The van der Waals surface area contributed by atoms with E-state index in [4.69, 9.17) is 4.74 Å². The number of fused-ring (bicyclic) bond motifs is 1. The van der Waals surface area contributed by atoms with Gasteiger partial charge in [0.1, 0.15) is 12.4 Å². The molecule has 4 rings (SSSR count). The number of nitrogens with zero attached hydrogens (tertiary/aromatic N) is 4. The largest absolute Gasteiger partial charge is 0.493 e. The van der Waals surface area contributed by atoms with Gasteiger partial charge in [0.15, 0.2) is 5.69 Å². The average molecular weight is 457 g/mol. The predicted molar refractivity (Wildman–Crippen MR) is 133 cm³/mol. The average Bonchev–Trinajstić information content (AvgIpc) is 3.15. The van der Waals surface area contributed by atoms with Crippen LogP contribution < -0.4 is 4.74 Å². The first-order chi connectivity index (χ1) is 16.6. The van der Waals surface area contributed by atoms with Crippen molar-refractivity contribution in [3.8, 4) is 11.6 Å².